The molecule has 0 N–H and O–H groups in total. The highest BCUT2D eigenvalue weighted by Gasteiger charge is 2.20. The van der Waals surface area contributed by atoms with Gasteiger partial charge in [0.2, 0.25) is 0 Å². The van der Waals surface area contributed by atoms with Crippen LogP contribution in [0.2, 0.25) is 0 Å². The van der Waals surface area contributed by atoms with Gasteiger partial charge in [0, 0.05) is 37.6 Å². The van der Waals surface area contributed by atoms with Gasteiger partial charge >= 0.3 is 0 Å². The summed E-state index contributed by atoms with van der Waals surface area (Å²) in [5, 5.41) is 0. The summed E-state index contributed by atoms with van der Waals surface area (Å²) in [5.41, 5.74) is 3.10. The van der Waals surface area contributed by atoms with E-state index in [0.717, 1.165) is 55.8 Å². The van der Waals surface area contributed by atoms with Crippen molar-refractivity contribution in [2.75, 3.05) is 38.6 Å². The molecule has 1 aliphatic rings. The summed E-state index contributed by atoms with van der Waals surface area (Å²) in [4.78, 5) is 16.9. The maximum absolute atomic E-state index is 12.6. The van der Waals surface area contributed by atoms with Crippen LogP contribution in [-0.4, -0.2) is 54.3 Å². The SMILES string of the molecule is Cc1cc(C)cc(C(=O)N2CCCN(CCCl)CC2)c1. The molecular weight excluding hydrogens is 272 g/mol. The van der Waals surface area contributed by atoms with Crippen LogP contribution in [0.1, 0.15) is 27.9 Å². The van der Waals surface area contributed by atoms with E-state index in [1.54, 1.807) is 0 Å². The average Bonchev–Trinajstić information content (AvgIpc) is 2.63. The highest BCUT2D eigenvalue weighted by Crippen LogP contribution is 2.13. The maximum Gasteiger partial charge on any atom is 0.253 e. The minimum Gasteiger partial charge on any atom is -0.337 e. The van der Waals surface area contributed by atoms with Gasteiger partial charge in [-0.25, -0.2) is 0 Å². The summed E-state index contributed by atoms with van der Waals surface area (Å²) < 4.78 is 0. The van der Waals surface area contributed by atoms with E-state index in [1.165, 1.54) is 0 Å². The van der Waals surface area contributed by atoms with E-state index in [-0.39, 0.29) is 5.91 Å². The van der Waals surface area contributed by atoms with Gasteiger partial charge in [-0.2, -0.15) is 0 Å². The largest absolute Gasteiger partial charge is 0.337 e. The zero-order chi connectivity index (χ0) is 14.5. The zero-order valence-corrected chi connectivity index (χ0v) is 13.1. The fourth-order valence-electron chi connectivity index (χ4n) is 2.80. The Morgan fingerprint density at radius 2 is 1.80 bits per heavy atom. The van der Waals surface area contributed by atoms with E-state index in [0.29, 0.717) is 5.88 Å². The van der Waals surface area contributed by atoms with Crippen molar-refractivity contribution in [3.63, 3.8) is 0 Å². The van der Waals surface area contributed by atoms with E-state index < -0.39 is 0 Å². The highest BCUT2D eigenvalue weighted by molar-refractivity contribution is 6.18. The second-order valence-electron chi connectivity index (χ2n) is 5.55. The first-order chi connectivity index (χ1) is 9.60. The second-order valence-corrected chi connectivity index (χ2v) is 5.93. The predicted octanol–water partition coefficient (Wildman–Crippen LogP) is 2.69. The monoisotopic (exact) mass is 294 g/mol. The molecule has 1 aromatic carbocycles. The summed E-state index contributed by atoms with van der Waals surface area (Å²) in [6, 6.07) is 6.06. The lowest BCUT2D eigenvalue weighted by molar-refractivity contribution is 0.0761. The highest BCUT2D eigenvalue weighted by atomic mass is 35.5. The van der Waals surface area contributed by atoms with Gasteiger partial charge in [-0.15, -0.1) is 11.6 Å². The molecule has 0 saturated carbocycles. The van der Waals surface area contributed by atoms with Crippen molar-refractivity contribution in [1.82, 2.24) is 9.80 Å². The number of halogens is 1. The minimum atomic E-state index is 0.157. The lowest BCUT2D eigenvalue weighted by Crippen LogP contribution is -2.35. The third kappa shape index (κ3) is 3.97. The van der Waals surface area contributed by atoms with E-state index in [9.17, 15) is 4.79 Å². The van der Waals surface area contributed by atoms with Crippen LogP contribution in [0.4, 0.5) is 0 Å². The van der Waals surface area contributed by atoms with Crippen LogP contribution in [0, 0.1) is 13.8 Å². The molecule has 1 aromatic rings. The number of hydrogen-bond acceptors (Lipinski definition) is 2. The molecule has 1 aliphatic heterocycles. The predicted molar refractivity (Wildman–Crippen MR) is 83.6 cm³/mol. The molecule has 0 radical (unpaired) electrons. The molecule has 110 valence electrons. The van der Waals surface area contributed by atoms with Gasteiger partial charge in [-0.1, -0.05) is 17.2 Å². The van der Waals surface area contributed by atoms with Crippen LogP contribution in [0.5, 0.6) is 0 Å². The first-order valence-corrected chi connectivity index (χ1v) is 7.79. The molecule has 0 aliphatic carbocycles. The minimum absolute atomic E-state index is 0.157. The third-order valence-corrected chi connectivity index (χ3v) is 3.91. The Kier molecular flexibility index (Phi) is 5.44. The average molecular weight is 295 g/mol. The Labute approximate surface area is 126 Å². The number of amides is 1. The number of carbonyl (C=O) groups is 1. The normalized spacial score (nSPS) is 17.1. The topological polar surface area (TPSA) is 23.6 Å². The molecule has 1 heterocycles. The fourth-order valence-corrected chi connectivity index (χ4v) is 3.04. The van der Waals surface area contributed by atoms with Crippen LogP contribution >= 0.6 is 11.6 Å². The maximum atomic E-state index is 12.6. The Hall–Kier alpha value is -1.06. The third-order valence-electron chi connectivity index (χ3n) is 3.75. The Morgan fingerprint density at radius 1 is 1.10 bits per heavy atom. The van der Waals surface area contributed by atoms with Crippen molar-refractivity contribution in [1.29, 1.82) is 0 Å². The molecule has 0 unspecified atom stereocenters. The van der Waals surface area contributed by atoms with Crippen molar-refractivity contribution in [3.8, 4) is 0 Å². The molecule has 1 fully saturated rings. The smallest absolute Gasteiger partial charge is 0.253 e. The van der Waals surface area contributed by atoms with Crippen LogP contribution in [0.3, 0.4) is 0 Å². The first-order valence-electron chi connectivity index (χ1n) is 7.26. The Morgan fingerprint density at radius 3 is 2.45 bits per heavy atom. The lowest BCUT2D eigenvalue weighted by atomic mass is 10.1. The van der Waals surface area contributed by atoms with E-state index in [1.807, 2.05) is 30.9 Å². The molecule has 0 aromatic heterocycles. The van der Waals surface area contributed by atoms with Gasteiger partial charge < -0.3 is 9.80 Å². The number of aryl methyl sites for hydroxylation is 2. The number of rotatable bonds is 3. The standard InChI is InChI=1S/C16H23ClN2O/c1-13-10-14(2)12-15(11-13)16(20)19-6-3-5-18(7-4-17)8-9-19/h10-12H,3-9H2,1-2H3. The molecule has 1 saturated heterocycles. The number of hydrogen-bond donors (Lipinski definition) is 0. The molecule has 4 heteroatoms. The van der Waals surface area contributed by atoms with Crippen molar-refractivity contribution in [3.05, 3.63) is 34.9 Å². The van der Waals surface area contributed by atoms with E-state index in [2.05, 4.69) is 11.0 Å². The van der Waals surface area contributed by atoms with Crippen molar-refractivity contribution in [2.24, 2.45) is 0 Å². The van der Waals surface area contributed by atoms with E-state index in [4.69, 9.17) is 11.6 Å². The Bertz CT molecular complexity index is 455. The zero-order valence-electron chi connectivity index (χ0n) is 12.4. The lowest BCUT2D eigenvalue weighted by Gasteiger charge is -2.22. The Balaban J connectivity index is 2.05. The number of alkyl halides is 1. The van der Waals surface area contributed by atoms with Gasteiger partial charge in [0.1, 0.15) is 0 Å². The van der Waals surface area contributed by atoms with Gasteiger partial charge in [0.15, 0.2) is 0 Å². The molecule has 1 amide bonds. The van der Waals surface area contributed by atoms with Gasteiger partial charge in [-0.3, -0.25) is 4.79 Å². The first kappa shape index (κ1) is 15.3. The van der Waals surface area contributed by atoms with Gasteiger partial charge in [0.25, 0.3) is 5.91 Å². The molecule has 0 atom stereocenters. The van der Waals surface area contributed by atoms with Crippen molar-refractivity contribution in [2.45, 2.75) is 20.3 Å². The number of nitrogens with zero attached hydrogens (tertiary/aromatic N) is 2. The summed E-state index contributed by atoms with van der Waals surface area (Å²) in [6.07, 6.45) is 1.02. The van der Waals surface area contributed by atoms with Crippen molar-refractivity contribution < 1.29 is 4.79 Å². The summed E-state index contributed by atoms with van der Waals surface area (Å²) >= 11 is 5.80. The van der Waals surface area contributed by atoms with Crippen LogP contribution in [0.25, 0.3) is 0 Å². The molecule has 20 heavy (non-hydrogen) atoms. The quantitative estimate of drug-likeness (QED) is 0.800. The molecule has 2 rings (SSSR count). The second kappa shape index (κ2) is 7.09. The van der Waals surface area contributed by atoms with Crippen LogP contribution in [0.15, 0.2) is 18.2 Å². The number of carbonyl (C=O) groups excluding carboxylic acids is 1. The summed E-state index contributed by atoms with van der Waals surface area (Å²) in [6.45, 7) is 8.57. The summed E-state index contributed by atoms with van der Waals surface area (Å²) in [5.74, 6) is 0.815. The van der Waals surface area contributed by atoms with Gasteiger partial charge in [-0.05, 0) is 38.9 Å². The molecular formula is C16H23ClN2O. The molecule has 3 nitrogen and oxygen atoms in total. The van der Waals surface area contributed by atoms with Crippen molar-refractivity contribution >= 4 is 17.5 Å². The van der Waals surface area contributed by atoms with Gasteiger partial charge in [0.05, 0.1) is 0 Å². The fraction of sp³-hybridized carbons (Fsp3) is 0.562. The van der Waals surface area contributed by atoms with Crippen LogP contribution < -0.4 is 0 Å². The van der Waals surface area contributed by atoms with Crippen LogP contribution in [-0.2, 0) is 0 Å². The molecule has 0 spiro atoms. The van der Waals surface area contributed by atoms with E-state index >= 15 is 0 Å². The summed E-state index contributed by atoms with van der Waals surface area (Å²) in [7, 11) is 0. The molecule has 0 bridgehead atoms. The number of benzene rings is 1.